The Hall–Kier alpha value is -0.900. The van der Waals surface area contributed by atoms with Gasteiger partial charge in [-0.15, -0.1) is 6.58 Å². The van der Waals surface area contributed by atoms with Crippen LogP contribution in [0.5, 0.6) is 0 Å². The molecule has 2 saturated carbocycles. The zero-order valence-electron chi connectivity index (χ0n) is 11.0. The Morgan fingerprint density at radius 2 is 2.11 bits per heavy atom. The number of fused-ring (bicyclic) bond motifs is 1. The second kappa shape index (κ2) is 6.88. The van der Waals surface area contributed by atoms with Crippen molar-refractivity contribution < 1.29 is 0 Å². The molecule has 0 bridgehead atoms. The van der Waals surface area contributed by atoms with Gasteiger partial charge in [-0.05, 0) is 49.7 Å². The molecule has 0 aliphatic heterocycles. The summed E-state index contributed by atoms with van der Waals surface area (Å²) in [6.45, 7) is 4.32. The van der Waals surface area contributed by atoms with Crippen LogP contribution in [0, 0.1) is 11.8 Å². The molecule has 2 fully saturated rings. The number of hydrogen-bond donors (Lipinski definition) is 2. The third kappa shape index (κ3) is 3.80. The average Bonchev–Trinajstić information content (AvgIpc) is 2.42. The molecule has 2 N–H and O–H groups in total. The van der Waals surface area contributed by atoms with Gasteiger partial charge in [-0.25, -0.2) is 0 Å². The van der Waals surface area contributed by atoms with Crippen LogP contribution < -0.4 is 10.7 Å². The van der Waals surface area contributed by atoms with Gasteiger partial charge in [-0.3, -0.25) is 5.43 Å². The van der Waals surface area contributed by atoms with Gasteiger partial charge in [0.25, 0.3) is 0 Å². The second-order valence-electron chi connectivity index (χ2n) is 5.34. The smallest absolute Gasteiger partial charge is 0.187 e. The van der Waals surface area contributed by atoms with E-state index < -0.39 is 0 Å². The van der Waals surface area contributed by atoms with Crippen LogP contribution in [0.1, 0.15) is 44.9 Å². The predicted octanol–water partition coefficient (Wildman–Crippen LogP) is 2.98. The Kier molecular flexibility index (Phi) is 5.17. The summed E-state index contributed by atoms with van der Waals surface area (Å²) in [5.41, 5.74) is 4.24. The molecule has 18 heavy (non-hydrogen) atoms. The highest BCUT2D eigenvalue weighted by Gasteiger charge is 2.30. The molecule has 2 aliphatic carbocycles. The van der Waals surface area contributed by atoms with Gasteiger partial charge in [0, 0.05) is 12.3 Å². The molecule has 2 rings (SSSR count). The Morgan fingerprint density at radius 3 is 2.89 bits per heavy atom. The lowest BCUT2D eigenvalue weighted by atomic mass is 9.70. The highest BCUT2D eigenvalue weighted by atomic mass is 32.1. The van der Waals surface area contributed by atoms with Crippen molar-refractivity contribution in [1.29, 1.82) is 0 Å². The van der Waals surface area contributed by atoms with Crippen LogP contribution in [0.2, 0.25) is 0 Å². The molecule has 0 aromatic heterocycles. The molecule has 0 spiro atoms. The average molecular weight is 265 g/mol. The number of hydrogen-bond acceptors (Lipinski definition) is 2. The minimum Gasteiger partial charge on any atom is -0.358 e. The van der Waals surface area contributed by atoms with Crippen molar-refractivity contribution in [3.8, 4) is 0 Å². The van der Waals surface area contributed by atoms with Crippen LogP contribution in [0.15, 0.2) is 17.8 Å². The standard InChI is InChI=1S/C14H23N3S/c1-2-9-15-14(18)17-16-13-8-7-11-5-3-4-6-12(11)10-13/h2,11-12H,1,3-10H2,(H2,15,17,18)/b16-13-/t11-,12-/m0/s1. The first-order valence-corrected chi connectivity index (χ1v) is 7.40. The van der Waals surface area contributed by atoms with Crippen molar-refractivity contribution in [3.05, 3.63) is 12.7 Å². The van der Waals surface area contributed by atoms with Crippen molar-refractivity contribution in [2.24, 2.45) is 16.9 Å². The highest BCUT2D eigenvalue weighted by Crippen LogP contribution is 2.39. The summed E-state index contributed by atoms with van der Waals surface area (Å²) >= 11 is 5.13. The quantitative estimate of drug-likeness (QED) is 0.468. The molecular formula is C14H23N3S. The van der Waals surface area contributed by atoms with Gasteiger partial charge in [0.05, 0.1) is 0 Å². The summed E-state index contributed by atoms with van der Waals surface area (Å²) < 4.78 is 0. The van der Waals surface area contributed by atoms with Crippen LogP contribution in [0.3, 0.4) is 0 Å². The van der Waals surface area contributed by atoms with E-state index in [-0.39, 0.29) is 0 Å². The van der Waals surface area contributed by atoms with E-state index in [9.17, 15) is 0 Å². The third-order valence-corrected chi connectivity index (χ3v) is 4.33. The first-order valence-electron chi connectivity index (χ1n) is 6.99. The summed E-state index contributed by atoms with van der Waals surface area (Å²) in [6, 6.07) is 0. The van der Waals surface area contributed by atoms with Crippen LogP contribution in [0.25, 0.3) is 0 Å². The van der Waals surface area contributed by atoms with Gasteiger partial charge in [0.1, 0.15) is 0 Å². The maximum atomic E-state index is 5.13. The van der Waals surface area contributed by atoms with Crippen molar-refractivity contribution in [1.82, 2.24) is 10.7 Å². The van der Waals surface area contributed by atoms with Crippen molar-refractivity contribution in [2.75, 3.05) is 6.54 Å². The minimum absolute atomic E-state index is 0.591. The topological polar surface area (TPSA) is 36.4 Å². The molecule has 2 atom stereocenters. The van der Waals surface area contributed by atoms with Gasteiger partial charge in [0.15, 0.2) is 5.11 Å². The largest absolute Gasteiger partial charge is 0.358 e. The molecule has 0 heterocycles. The van der Waals surface area contributed by atoms with Crippen molar-refractivity contribution in [3.63, 3.8) is 0 Å². The molecular weight excluding hydrogens is 242 g/mol. The lowest BCUT2D eigenvalue weighted by molar-refractivity contribution is 0.218. The van der Waals surface area contributed by atoms with Crippen LogP contribution in [-0.4, -0.2) is 17.4 Å². The van der Waals surface area contributed by atoms with E-state index in [2.05, 4.69) is 22.4 Å². The third-order valence-electron chi connectivity index (χ3n) is 4.09. The van der Waals surface area contributed by atoms with E-state index in [0.717, 1.165) is 18.3 Å². The number of nitrogens with one attached hydrogen (secondary N) is 2. The van der Waals surface area contributed by atoms with Gasteiger partial charge in [0.2, 0.25) is 0 Å². The minimum atomic E-state index is 0.591. The van der Waals surface area contributed by atoms with Gasteiger partial charge < -0.3 is 5.32 Å². The molecule has 100 valence electrons. The molecule has 4 heteroatoms. The van der Waals surface area contributed by atoms with Crippen LogP contribution in [-0.2, 0) is 0 Å². The van der Waals surface area contributed by atoms with E-state index in [1.165, 1.54) is 44.2 Å². The predicted molar refractivity (Wildman–Crippen MR) is 80.7 cm³/mol. The fourth-order valence-corrected chi connectivity index (χ4v) is 3.25. The summed E-state index contributed by atoms with van der Waals surface area (Å²) in [7, 11) is 0. The fourth-order valence-electron chi connectivity index (χ4n) is 3.13. The van der Waals surface area contributed by atoms with E-state index in [0.29, 0.717) is 11.7 Å². The normalized spacial score (nSPS) is 29.4. The molecule has 0 amide bonds. The monoisotopic (exact) mass is 265 g/mol. The molecule has 2 aliphatic rings. The summed E-state index contributed by atoms with van der Waals surface area (Å²) in [6.07, 6.45) is 11.1. The van der Waals surface area contributed by atoms with Crippen molar-refractivity contribution >= 4 is 23.0 Å². The molecule has 0 unspecified atom stereocenters. The Morgan fingerprint density at radius 1 is 1.33 bits per heavy atom. The molecule has 0 radical (unpaired) electrons. The van der Waals surface area contributed by atoms with Crippen molar-refractivity contribution in [2.45, 2.75) is 44.9 Å². The Bertz CT molecular complexity index is 338. The zero-order valence-corrected chi connectivity index (χ0v) is 11.8. The highest BCUT2D eigenvalue weighted by molar-refractivity contribution is 7.80. The molecule has 0 aromatic rings. The maximum absolute atomic E-state index is 5.13. The summed E-state index contributed by atoms with van der Waals surface area (Å²) in [5, 5.41) is 8.07. The lowest BCUT2D eigenvalue weighted by Crippen LogP contribution is -2.34. The first-order chi connectivity index (χ1) is 8.79. The van der Waals surface area contributed by atoms with Gasteiger partial charge >= 0.3 is 0 Å². The first kappa shape index (κ1) is 13.5. The zero-order chi connectivity index (χ0) is 12.8. The number of rotatable bonds is 3. The van der Waals surface area contributed by atoms with E-state index in [1.54, 1.807) is 6.08 Å². The summed E-state index contributed by atoms with van der Waals surface area (Å²) in [4.78, 5) is 0. The van der Waals surface area contributed by atoms with Crippen LogP contribution >= 0.6 is 12.2 Å². The van der Waals surface area contributed by atoms with Gasteiger partial charge in [-0.1, -0.05) is 25.3 Å². The Balaban J connectivity index is 1.79. The number of thiocarbonyl (C=S) groups is 1. The van der Waals surface area contributed by atoms with E-state index in [1.807, 2.05) is 0 Å². The molecule has 0 aromatic carbocycles. The second-order valence-corrected chi connectivity index (χ2v) is 5.74. The molecule has 3 nitrogen and oxygen atoms in total. The number of nitrogens with zero attached hydrogens (tertiary/aromatic N) is 1. The maximum Gasteiger partial charge on any atom is 0.187 e. The van der Waals surface area contributed by atoms with E-state index in [4.69, 9.17) is 12.2 Å². The van der Waals surface area contributed by atoms with Gasteiger partial charge in [-0.2, -0.15) is 5.10 Å². The SMILES string of the molecule is C=CCNC(=S)N/N=C1/CC[C@@H]2CCCC[C@H]2C1. The lowest BCUT2D eigenvalue weighted by Gasteiger charge is -2.35. The Labute approximate surface area is 115 Å². The molecule has 0 saturated heterocycles. The summed E-state index contributed by atoms with van der Waals surface area (Å²) in [5.74, 6) is 1.84. The van der Waals surface area contributed by atoms with Crippen LogP contribution in [0.4, 0.5) is 0 Å². The van der Waals surface area contributed by atoms with E-state index >= 15 is 0 Å². The number of hydrazone groups is 1. The fraction of sp³-hybridized carbons (Fsp3) is 0.714.